The molecule has 1 aromatic heterocycles. The Balaban J connectivity index is 1.82. The van der Waals surface area contributed by atoms with Crippen LogP contribution in [0.1, 0.15) is 5.56 Å². The maximum atomic E-state index is 6.17. The zero-order chi connectivity index (χ0) is 21.8. The fourth-order valence-corrected chi connectivity index (χ4v) is 4.96. The molecule has 0 saturated carbocycles. The van der Waals surface area contributed by atoms with Crippen LogP contribution in [0.5, 0.6) is 17.2 Å². The molecule has 162 valence electrons. The Morgan fingerprint density at radius 3 is 2.42 bits per heavy atom. The first-order valence-corrected chi connectivity index (χ1v) is 10.5. The van der Waals surface area contributed by atoms with Crippen molar-refractivity contribution in [1.82, 2.24) is 19.4 Å². The summed E-state index contributed by atoms with van der Waals surface area (Å²) in [6.07, 6.45) is 0. The lowest BCUT2D eigenvalue weighted by Gasteiger charge is -2.44. The minimum absolute atomic E-state index is 0.319. The van der Waals surface area contributed by atoms with E-state index >= 15 is 0 Å². The monoisotopic (exact) mass is 422 g/mol. The van der Waals surface area contributed by atoms with Gasteiger partial charge in [-0.25, -0.2) is 4.48 Å². The Morgan fingerprint density at radius 2 is 1.77 bits per heavy atom. The largest absolute Gasteiger partial charge is 0.493 e. The zero-order valence-electron chi connectivity index (χ0n) is 18.4. The van der Waals surface area contributed by atoms with Crippen LogP contribution in [0, 0.1) is 0 Å². The molecule has 0 atom stereocenters. The minimum atomic E-state index is 0.319. The number of piperazine rings is 1. The highest BCUT2D eigenvalue weighted by Gasteiger charge is 2.46. The molecule has 2 aromatic carbocycles. The summed E-state index contributed by atoms with van der Waals surface area (Å²) in [6.45, 7) is 4.23. The van der Waals surface area contributed by atoms with Crippen LogP contribution in [0.4, 0.5) is 11.6 Å². The summed E-state index contributed by atoms with van der Waals surface area (Å²) in [7, 11) is 7.01. The van der Waals surface area contributed by atoms with E-state index in [0.717, 1.165) is 59.9 Å². The van der Waals surface area contributed by atoms with Crippen molar-refractivity contribution in [3.8, 4) is 28.5 Å². The van der Waals surface area contributed by atoms with Crippen molar-refractivity contribution in [2.45, 2.75) is 6.54 Å². The van der Waals surface area contributed by atoms with Crippen molar-refractivity contribution in [1.29, 1.82) is 0 Å². The summed E-state index contributed by atoms with van der Waals surface area (Å²) in [5, 5.41) is 1.06. The SMILES string of the molecule is COc1cc(CN)c(-c2nc3nc4cccc(c24)[N+]32CCN(C)CC2)c(OC)c1OC. The number of nitrogens with zero attached hydrogens (tertiary/aromatic N) is 4. The molecule has 1 fully saturated rings. The van der Waals surface area contributed by atoms with Gasteiger partial charge in [0.2, 0.25) is 5.75 Å². The molecule has 1 spiro atoms. The summed E-state index contributed by atoms with van der Waals surface area (Å²) < 4.78 is 17.7. The smallest absolute Gasteiger partial charge is 0.335 e. The lowest BCUT2D eigenvalue weighted by molar-refractivity contribution is 0.198. The van der Waals surface area contributed by atoms with Crippen LogP contribution in [-0.4, -0.2) is 69.4 Å². The first kappa shape index (κ1) is 20.0. The van der Waals surface area contributed by atoms with Gasteiger partial charge in [-0.2, -0.15) is 9.97 Å². The van der Waals surface area contributed by atoms with Crippen molar-refractivity contribution in [2.24, 2.45) is 5.73 Å². The van der Waals surface area contributed by atoms with E-state index in [-0.39, 0.29) is 0 Å². The average Bonchev–Trinajstić information content (AvgIpc) is 2.81. The third-order valence-electron chi connectivity index (χ3n) is 6.63. The average molecular weight is 423 g/mol. The van der Waals surface area contributed by atoms with E-state index in [1.54, 1.807) is 21.3 Å². The van der Waals surface area contributed by atoms with Gasteiger partial charge >= 0.3 is 5.95 Å². The van der Waals surface area contributed by atoms with Gasteiger partial charge in [-0.1, -0.05) is 6.07 Å². The Labute approximate surface area is 181 Å². The summed E-state index contributed by atoms with van der Waals surface area (Å²) in [4.78, 5) is 12.4. The number of methoxy groups -OCH3 is 3. The van der Waals surface area contributed by atoms with E-state index in [2.05, 4.69) is 30.1 Å². The van der Waals surface area contributed by atoms with Gasteiger partial charge in [0.25, 0.3) is 0 Å². The topological polar surface area (TPSA) is 82.7 Å². The Morgan fingerprint density at radius 1 is 1.03 bits per heavy atom. The predicted molar refractivity (Wildman–Crippen MR) is 121 cm³/mol. The highest BCUT2D eigenvalue weighted by atomic mass is 16.5. The van der Waals surface area contributed by atoms with Crippen LogP contribution in [0.25, 0.3) is 22.2 Å². The van der Waals surface area contributed by atoms with Gasteiger partial charge in [0.1, 0.15) is 13.1 Å². The maximum Gasteiger partial charge on any atom is 0.335 e. The molecule has 4 bridgehead atoms. The van der Waals surface area contributed by atoms with Crippen LogP contribution >= 0.6 is 0 Å². The molecule has 3 aliphatic rings. The fraction of sp³-hybridized carbons (Fsp3) is 0.391. The van der Waals surface area contributed by atoms with Gasteiger partial charge in [-0.15, -0.1) is 0 Å². The maximum absolute atomic E-state index is 6.17. The van der Waals surface area contributed by atoms with Crippen molar-refractivity contribution in [3.05, 3.63) is 29.8 Å². The highest BCUT2D eigenvalue weighted by Crippen LogP contribution is 2.52. The Bertz CT molecular complexity index is 1170. The summed E-state index contributed by atoms with van der Waals surface area (Å²) >= 11 is 0. The van der Waals surface area contributed by atoms with Gasteiger partial charge in [-0.05, 0) is 24.7 Å². The van der Waals surface area contributed by atoms with E-state index in [9.17, 15) is 0 Å². The molecule has 0 unspecified atom stereocenters. The van der Waals surface area contributed by atoms with Gasteiger partial charge in [-0.3, -0.25) is 4.90 Å². The van der Waals surface area contributed by atoms with Crippen molar-refractivity contribution in [2.75, 3.05) is 54.6 Å². The third kappa shape index (κ3) is 2.72. The molecule has 0 radical (unpaired) electrons. The summed E-state index contributed by atoms with van der Waals surface area (Å²) in [5.74, 6) is 2.53. The van der Waals surface area contributed by atoms with E-state index in [1.165, 1.54) is 5.69 Å². The molecule has 6 rings (SSSR count). The van der Waals surface area contributed by atoms with E-state index < -0.39 is 0 Å². The molecule has 8 nitrogen and oxygen atoms in total. The van der Waals surface area contributed by atoms with Crippen LogP contribution in [0.15, 0.2) is 24.3 Å². The number of quaternary nitrogens is 1. The van der Waals surface area contributed by atoms with Crippen LogP contribution < -0.4 is 24.4 Å². The van der Waals surface area contributed by atoms with Gasteiger partial charge in [0.05, 0.1) is 43.5 Å². The lowest BCUT2D eigenvalue weighted by atomic mass is 9.95. The second kappa shape index (κ2) is 7.33. The molecule has 31 heavy (non-hydrogen) atoms. The number of benzene rings is 2. The number of likely N-dealkylation sites (N-methyl/N-ethyl adjacent to an activating group) is 1. The summed E-state index contributed by atoms with van der Waals surface area (Å²) in [6, 6.07) is 8.26. The third-order valence-corrected chi connectivity index (χ3v) is 6.63. The molecule has 2 N–H and O–H groups in total. The number of fused-ring (bicyclic) bond motifs is 1. The molecule has 4 heterocycles. The van der Waals surface area contributed by atoms with Gasteiger partial charge < -0.3 is 19.9 Å². The molecule has 0 amide bonds. The molecule has 8 heteroatoms. The van der Waals surface area contributed by atoms with Crippen LogP contribution in [0.3, 0.4) is 0 Å². The van der Waals surface area contributed by atoms with E-state index in [1.807, 2.05) is 6.07 Å². The van der Waals surface area contributed by atoms with Crippen molar-refractivity contribution < 1.29 is 14.2 Å². The number of hydrogen-bond donors (Lipinski definition) is 1. The van der Waals surface area contributed by atoms with E-state index in [4.69, 9.17) is 29.9 Å². The van der Waals surface area contributed by atoms with Gasteiger partial charge in [0.15, 0.2) is 17.2 Å². The number of aromatic nitrogens is 2. The molecule has 0 aliphatic carbocycles. The highest BCUT2D eigenvalue weighted by molar-refractivity contribution is 6.06. The van der Waals surface area contributed by atoms with Crippen LogP contribution in [-0.2, 0) is 6.54 Å². The molecule has 1 saturated heterocycles. The number of nitrogens with two attached hydrogens (primary N) is 1. The molecule has 3 aliphatic heterocycles. The number of rotatable bonds is 5. The van der Waals surface area contributed by atoms with Crippen molar-refractivity contribution >= 4 is 22.5 Å². The number of ether oxygens (including phenoxy) is 3. The van der Waals surface area contributed by atoms with Crippen molar-refractivity contribution in [3.63, 3.8) is 0 Å². The minimum Gasteiger partial charge on any atom is -0.493 e. The Kier molecular flexibility index (Phi) is 4.73. The lowest BCUT2D eigenvalue weighted by Crippen LogP contribution is -2.58. The normalized spacial score (nSPS) is 16.9. The quantitative estimate of drug-likeness (QED) is 0.633. The van der Waals surface area contributed by atoms with Crippen LogP contribution in [0.2, 0.25) is 0 Å². The van der Waals surface area contributed by atoms with E-state index in [0.29, 0.717) is 28.3 Å². The Hall–Kier alpha value is -2.94. The first-order valence-electron chi connectivity index (χ1n) is 10.5. The first-order chi connectivity index (χ1) is 15.1. The standard InChI is InChI=1S/C23H28N5O3/c1-27-8-10-28(11-9-27)16-7-5-6-15-19(16)20(26-23(28)25-15)18-14(13-24)12-17(29-2)21(30-3)22(18)31-4/h5-7,12H,8-11,13,24H2,1-4H3/q+1. The molecule has 3 aromatic rings. The number of hydrogen-bond acceptors (Lipinski definition) is 7. The summed E-state index contributed by atoms with van der Waals surface area (Å²) in [5.41, 5.74) is 10.9. The van der Waals surface area contributed by atoms with Gasteiger partial charge in [0, 0.05) is 25.7 Å². The predicted octanol–water partition coefficient (Wildman–Crippen LogP) is 2.68. The fourth-order valence-electron chi connectivity index (χ4n) is 4.96. The second-order valence-corrected chi connectivity index (χ2v) is 8.15. The molecular weight excluding hydrogens is 394 g/mol. The second-order valence-electron chi connectivity index (χ2n) is 8.15. The zero-order valence-corrected chi connectivity index (χ0v) is 18.4. The molecular formula is C23H28N5O3+.